The van der Waals surface area contributed by atoms with Gasteiger partial charge in [0.2, 0.25) is 0 Å². The molecule has 1 aliphatic heterocycles. The quantitative estimate of drug-likeness (QED) is 0.423. The molecule has 1 heterocycles. The zero-order valence-corrected chi connectivity index (χ0v) is 22.0. The Morgan fingerprint density at radius 2 is 1.68 bits per heavy atom. The Morgan fingerprint density at radius 3 is 2.32 bits per heavy atom. The summed E-state index contributed by atoms with van der Waals surface area (Å²) >= 11 is 0. The molecule has 0 bridgehead atoms. The molecule has 3 rings (SSSR count). The van der Waals surface area contributed by atoms with Crippen molar-refractivity contribution in [2.75, 3.05) is 19.8 Å². The van der Waals surface area contributed by atoms with Gasteiger partial charge in [0.25, 0.3) is 5.91 Å². The van der Waals surface area contributed by atoms with Gasteiger partial charge in [-0.2, -0.15) is 0 Å². The van der Waals surface area contributed by atoms with Crippen molar-refractivity contribution < 1.29 is 33.4 Å². The predicted molar refractivity (Wildman–Crippen MR) is 137 cm³/mol. The highest BCUT2D eigenvalue weighted by molar-refractivity contribution is 6.04. The first-order valence-electron chi connectivity index (χ1n) is 12.3. The largest absolute Gasteiger partial charge is 0.482 e. The molecule has 0 spiro atoms. The predicted octanol–water partition coefficient (Wildman–Crippen LogP) is 3.92. The van der Waals surface area contributed by atoms with Crippen LogP contribution in [-0.2, 0) is 27.2 Å². The SMILES string of the molecule is CCOC(=O)COc1ccc(C(=O)[C@H](C)NC(=O)c2ccc3c(c2)CCN(C(=O)OC(C)(C)C)C3)cc1. The zero-order chi connectivity index (χ0) is 27.2. The molecular weight excluding hydrogens is 476 g/mol. The number of ether oxygens (including phenoxy) is 3. The fraction of sp³-hybridized carbons (Fsp3) is 0.429. The molecule has 0 aromatic heterocycles. The van der Waals surface area contributed by atoms with Crippen molar-refractivity contribution in [3.05, 3.63) is 64.7 Å². The molecule has 0 radical (unpaired) electrons. The number of rotatable bonds is 8. The Bertz CT molecular complexity index is 1150. The van der Waals surface area contributed by atoms with Crippen molar-refractivity contribution in [1.82, 2.24) is 10.2 Å². The molecule has 2 aromatic carbocycles. The smallest absolute Gasteiger partial charge is 0.410 e. The third-order valence-electron chi connectivity index (χ3n) is 5.67. The van der Waals surface area contributed by atoms with Crippen LogP contribution < -0.4 is 10.1 Å². The lowest BCUT2D eigenvalue weighted by molar-refractivity contribution is -0.145. The van der Waals surface area contributed by atoms with E-state index in [1.54, 1.807) is 49.1 Å². The van der Waals surface area contributed by atoms with Crippen LogP contribution in [0, 0.1) is 0 Å². The Hall–Kier alpha value is -3.88. The summed E-state index contributed by atoms with van der Waals surface area (Å²) in [6.07, 6.45) is 0.250. The van der Waals surface area contributed by atoms with Gasteiger partial charge in [-0.25, -0.2) is 9.59 Å². The number of hydrogen-bond acceptors (Lipinski definition) is 7. The molecule has 0 saturated carbocycles. The van der Waals surface area contributed by atoms with Gasteiger partial charge in [0, 0.05) is 24.2 Å². The average Bonchev–Trinajstić information content (AvgIpc) is 2.85. The van der Waals surface area contributed by atoms with E-state index in [0.29, 0.717) is 36.4 Å². The normalized spacial score (nSPS) is 13.7. The number of ketones is 1. The third kappa shape index (κ3) is 7.80. The van der Waals surface area contributed by atoms with Crippen LogP contribution in [0.3, 0.4) is 0 Å². The van der Waals surface area contributed by atoms with E-state index >= 15 is 0 Å². The van der Waals surface area contributed by atoms with E-state index in [4.69, 9.17) is 14.2 Å². The molecule has 1 atom stereocenters. The van der Waals surface area contributed by atoms with Gasteiger partial charge in [-0.3, -0.25) is 9.59 Å². The van der Waals surface area contributed by atoms with Gasteiger partial charge in [-0.15, -0.1) is 0 Å². The second kappa shape index (κ2) is 11.9. The summed E-state index contributed by atoms with van der Waals surface area (Å²) in [4.78, 5) is 51.1. The molecule has 9 nitrogen and oxygen atoms in total. The van der Waals surface area contributed by atoms with Crippen LogP contribution in [0.25, 0.3) is 0 Å². The molecular formula is C28H34N2O7. The molecule has 2 aromatic rings. The number of nitrogens with zero attached hydrogens (tertiary/aromatic N) is 1. The van der Waals surface area contributed by atoms with E-state index in [1.165, 1.54) is 0 Å². The van der Waals surface area contributed by atoms with E-state index < -0.39 is 17.6 Å². The minimum atomic E-state index is -0.752. The lowest BCUT2D eigenvalue weighted by atomic mass is 9.97. The van der Waals surface area contributed by atoms with Crippen LogP contribution >= 0.6 is 0 Å². The third-order valence-corrected chi connectivity index (χ3v) is 5.67. The van der Waals surface area contributed by atoms with E-state index in [1.807, 2.05) is 32.9 Å². The standard InChI is InChI=1S/C28H34N2O7/c1-6-35-24(31)17-36-23-11-9-19(10-12-23)25(32)18(2)29-26(33)21-7-8-22-16-30(14-13-20(22)15-21)27(34)37-28(3,4)5/h7-12,15,18H,6,13-14,16-17H2,1-5H3,(H,29,33)/t18-/m0/s1. The van der Waals surface area contributed by atoms with Crippen molar-refractivity contribution in [3.63, 3.8) is 0 Å². The first kappa shape index (κ1) is 27.7. The van der Waals surface area contributed by atoms with Crippen molar-refractivity contribution in [2.45, 2.75) is 59.2 Å². The lowest BCUT2D eigenvalue weighted by Crippen LogP contribution is -2.40. The summed E-state index contributed by atoms with van der Waals surface area (Å²) in [6.45, 7) is 9.81. The van der Waals surface area contributed by atoms with E-state index in [2.05, 4.69) is 5.32 Å². The van der Waals surface area contributed by atoms with Crippen LogP contribution in [0.1, 0.15) is 66.5 Å². The Labute approximate surface area is 217 Å². The number of benzene rings is 2. The number of fused-ring (bicyclic) bond motifs is 1. The summed E-state index contributed by atoms with van der Waals surface area (Å²) in [6, 6.07) is 10.9. The minimum Gasteiger partial charge on any atom is -0.482 e. The van der Waals surface area contributed by atoms with Gasteiger partial charge in [-0.1, -0.05) is 6.07 Å². The van der Waals surface area contributed by atoms with Gasteiger partial charge in [0.1, 0.15) is 11.4 Å². The number of esters is 1. The highest BCUT2D eigenvalue weighted by Crippen LogP contribution is 2.22. The Morgan fingerprint density at radius 1 is 1.00 bits per heavy atom. The maximum atomic E-state index is 12.9. The number of Topliss-reactive ketones (excluding diaryl/α,β-unsaturated/α-hetero) is 1. The van der Waals surface area contributed by atoms with E-state index in [-0.39, 0.29) is 31.0 Å². The molecule has 2 amide bonds. The van der Waals surface area contributed by atoms with Crippen LogP contribution in [0.4, 0.5) is 4.79 Å². The van der Waals surface area contributed by atoms with Gasteiger partial charge in [-0.05, 0) is 88.6 Å². The number of nitrogens with one attached hydrogen (secondary N) is 1. The topological polar surface area (TPSA) is 111 Å². The van der Waals surface area contributed by atoms with Crippen LogP contribution in [-0.4, -0.2) is 60.1 Å². The van der Waals surface area contributed by atoms with E-state index in [0.717, 1.165) is 11.1 Å². The van der Waals surface area contributed by atoms with Gasteiger partial charge >= 0.3 is 12.1 Å². The molecule has 0 saturated heterocycles. The summed E-state index contributed by atoms with van der Waals surface area (Å²) < 4.78 is 15.6. The number of hydrogen-bond donors (Lipinski definition) is 1. The second-order valence-corrected chi connectivity index (χ2v) is 9.81. The van der Waals surface area contributed by atoms with Crippen molar-refractivity contribution in [2.24, 2.45) is 0 Å². The van der Waals surface area contributed by atoms with Crippen LogP contribution in [0.15, 0.2) is 42.5 Å². The van der Waals surface area contributed by atoms with Crippen LogP contribution in [0.2, 0.25) is 0 Å². The summed E-state index contributed by atoms with van der Waals surface area (Å²) in [7, 11) is 0. The lowest BCUT2D eigenvalue weighted by Gasteiger charge is -2.31. The minimum absolute atomic E-state index is 0.215. The second-order valence-electron chi connectivity index (χ2n) is 9.81. The molecule has 198 valence electrons. The maximum Gasteiger partial charge on any atom is 0.410 e. The molecule has 37 heavy (non-hydrogen) atoms. The fourth-order valence-electron chi connectivity index (χ4n) is 3.83. The molecule has 0 aliphatic carbocycles. The highest BCUT2D eigenvalue weighted by atomic mass is 16.6. The first-order chi connectivity index (χ1) is 17.5. The van der Waals surface area contributed by atoms with Crippen LogP contribution in [0.5, 0.6) is 5.75 Å². The fourth-order valence-corrected chi connectivity index (χ4v) is 3.83. The highest BCUT2D eigenvalue weighted by Gasteiger charge is 2.26. The zero-order valence-electron chi connectivity index (χ0n) is 22.0. The maximum absolute atomic E-state index is 12.9. The Balaban J connectivity index is 1.57. The monoisotopic (exact) mass is 510 g/mol. The number of amides is 2. The first-order valence-corrected chi connectivity index (χ1v) is 12.3. The van der Waals surface area contributed by atoms with Gasteiger partial charge in [0.15, 0.2) is 12.4 Å². The molecule has 0 unspecified atom stereocenters. The molecule has 0 fully saturated rings. The number of carbonyl (C=O) groups excluding carboxylic acids is 4. The Kier molecular flexibility index (Phi) is 8.91. The van der Waals surface area contributed by atoms with Crippen molar-refractivity contribution in [1.29, 1.82) is 0 Å². The average molecular weight is 511 g/mol. The van der Waals surface area contributed by atoms with E-state index in [9.17, 15) is 19.2 Å². The van der Waals surface area contributed by atoms with Crippen molar-refractivity contribution in [3.8, 4) is 5.75 Å². The summed E-state index contributed by atoms with van der Waals surface area (Å²) in [5, 5.41) is 2.76. The van der Waals surface area contributed by atoms with Gasteiger partial charge < -0.3 is 24.4 Å². The summed E-state index contributed by atoms with van der Waals surface area (Å²) in [5.74, 6) is -0.647. The molecule has 9 heteroatoms. The summed E-state index contributed by atoms with van der Waals surface area (Å²) in [5.41, 5.74) is 2.25. The van der Waals surface area contributed by atoms with Crippen molar-refractivity contribution >= 4 is 23.8 Å². The van der Waals surface area contributed by atoms with Gasteiger partial charge in [0.05, 0.1) is 12.6 Å². The molecule has 1 N–H and O–H groups in total. The number of carbonyl (C=O) groups is 4. The molecule has 1 aliphatic rings.